The van der Waals surface area contributed by atoms with E-state index in [2.05, 4.69) is 0 Å². The SMILES string of the molecule is COc1cc(C=CC(=O)OCC2OC(OC3C(O)C(C)OC(OC4C(Oc5c(-c6ccc(O)c(OC)c6)oc6cc(O)cc(O)c6c5=O)OC(COC5OC(C)C(O)C(O)C5OC5OC(CO)C(O)C(O)C5O)C(O)C4O)C3O)C(O)C(O)C2O)ccc1O. The van der Waals surface area contributed by atoms with E-state index in [9.17, 15) is 96.4 Å². The van der Waals surface area contributed by atoms with Crippen molar-refractivity contribution in [1.29, 1.82) is 0 Å². The lowest BCUT2D eigenvalue weighted by Gasteiger charge is -2.48. The summed E-state index contributed by atoms with van der Waals surface area (Å²) in [5.74, 6) is -4.37. The molecule has 0 amide bonds. The van der Waals surface area contributed by atoms with Gasteiger partial charge in [-0.2, -0.15) is 0 Å². The predicted molar refractivity (Wildman–Crippen MR) is 289 cm³/mol. The summed E-state index contributed by atoms with van der Waals surface area (Å²) in [6.07, 6.45) is -45.7. The van der Waals surface area contributed by atoms with Gasteiger partial charge in [-0.25, -0.2) is 4.79 Å². The van der Waals surface area contributed by atoms with Crippen LogP contribution in [0.4, 0.5) is 0 Å². The van der Waals surface area contributed by atoms with Gasteiger partial charge < -0.3 is 153 Å². The molecule has 33 nitrogen and oxygen atoms in total. The van der Waals surface area contributed by atoms with Gasteiger partial charge in [-0.15, -0.1) is 0 Å². The molecule has 3 aromatic carbocycles. The number of ether oxygens (including phenoxy) is 13. The second kappa shape index (κ2) is 28.1. The molecular formula is C56H70O33. The topological polar surface area (TPSA) is 511 Å². The van der Waals surface area contributed by atoms with Gasteiger partial charge in [0.2, 0.25) is 17.5 Å². The lowest BCUT2D eigenvalue weighted by molar-refractivity contribution is -0.383. The van der Waals surface area contributed by atoms with Gasteiger partial charge in [0, 0.05) is 23.8 Å². The van der Waals surface area contributed by atoms with Crippen LogP contribution < -0.4 is 19.6 Å². The van der Waals surface area contributed by atoms with Crippen LogP contribution in [0.1, 0.15) is 19.4 Å². The molecule has 89 heavy (non-hydrogen) atoms. The number of phenols is 4. The Kier molecular flexibility index (Phi) is 21.2. The number of hydrogen-bond acceptors (Lipinski definition) is 33. The van der Waals surface area contributed by atoms with Crippen LogP contribution in [-0.4, -0.2) is 280 Å². The van der Waals surface area contributed by atoms with Crippen LogP contribution in [0.25, 0.3) is 28.4 Å². The smallest absolute Gasteiger partial charge is 0.330 e. The van der Waals surface area contributed by atoms with Crippen LogP contribution in [0, 0.1) is 0 Å². The maximum absolute atomic E-state index is 14.7. The van der Waals surface area contributed by atoms with Crippen molar-refractivity contribution in [3.63, 3.8) is 0 Å². The molecule has 25 atom stereocenters. The van der Waals surface area contributed by atoms with Crippen LogP contribution in [0.2, 0.25) is 0 Å². The average Bonchev–Trinajstić information content (AvgIpc) is 1.44. The second-order valence-electron chi connectivity index (χ2n) is 21.6. The lowest BCUT2D eigenvalue weighted by atomic mass is 9.96. The molecule has 17 N–H and O–H groups in total. The monoisotopic (exact) mass is 1270 g/mol. The molecule has 0 saturated carbocycles. The summed E-state index contributed by atoms with van der Waals surface area (Å²) in [7, 11) is 2.52. The van der Waals surface area contributed by atoms with Gasteiger partial charge in [0.25, 0.3) is 0 Å². The van der Waals surface area contributed by atoms with Crippen LogP contribution >= 0.6 is 0 Å². The third-order valence-electron chi connectivity index (χ3n) is 15.6. The largest absolute Gasteiger partial charge is 0.508 e. The first-order chi connectivity index (χ1) is 42.2. The molecule has 9 rings (SSSR count). The van der Waals surface area contributed by atoms with E-state index in [1.165, 1.54) is 64.5 Å². The number of phenolic OH excluding ortho intramolecular Hbond substituents is 4. The predicted octanol–water partition coefficient (Wildman–Crippen LogP) is -4.91. The fourth-order valence-electron chi connectivity index (χ4n) is 10.5. The Morgan fingerprint density at radius 1 is 0.528 bits per heavy atom. The van der Waals surface area contributed by atoms with Crippen molar-refractivity contribution in [3.8, 4) is 51.6 Å². The minimum absolute atomic E-state index is 0.0807. The van der Waals surface area contributed by atoms with Gasteiger partial charge in [-0.3, -0.25) is 4.79 Å². The first-order valence-electron chi connectivity index (χ1n) is 27.7. The Labute approximate surface area is 502 Å². The zero-order chi connectivity index (χ0) is 64.6. The normalized spacial score (nSPS) is 37.7. The summed E-state index contributed by atoms with van der Waals surface area (Å²) in [5.41, 5.74) is -1.28. The number of rotatable bonds is 19. The highest BCUT2D eigenvalue weighted by Crippen LogP contribution is 2.42. The summed E-state index contributed by atoms with van der Waals surface area (Å²) < 4.78 is 80.7. The molecule has 5 fully saturated rings. The first kappa shape index (κ1) is 67.2. The molecule has 492 valence electrons. The number of methoxy groups -OCH3 is 2. The molecule has 0 spiro atoms. The zero-order valence-electron chi connectivity index (χ0n) is 47.5. The molecule has 33 heteroatoms. The highest BCUT2D eigenvalue weighted by Gasteiger charge is 2.56. The molecule has 0 aliphatic carbocycles. The molecule has 0 bridgehead atoms. The van der Waals surface area contributed by atoms with Crippen LogP contribution in [-0.2, 0) is 52.2 Å². The number of aromatic hydroxyl groups is 4. The van der Waals surface area contributed by atoms with E-state index in [1.54, 1.807) is 0 Å². The van der Waals surface area contributed by atoms with Gasteiger partial charge in [0.15, 0.2) is 60.0 Å². The van der Waals surface area contributed by atoms with E-state index >= 15 is 0 Å². The van der Waals surface area contributed by atoms with Gasteiger partial charge in [-0.1, -0.05) is 6.07 Å². The number of carbonyl (C=O) groups excluding carboxylic acids is 1. The zero-order valence-corrected chi connectivity index (χ0v) is 47.5. The number of hydrogen-bond donors (Lipinski definition) is 17. The van der Waals surface area contributed by atoms with E-state index in [0.717, 1.165) is 24.3 Å². The third-order valence-corrected chi connectivity index (χ3v) is 15.6. The quantitative estimate of drug-likeness (QED) is 0.0309. The fourth-order valence-corrected chi connectivity index (χ4v) is 10.5. The first-order valence-corrected chi connectivity index (χ1v) is 27.7. The molecule has 4 aromatic rings. The molecule has 5 aliphatic rings. The van der Waals surface area contributed by atoms with Crippen molar-refractivity contribution in [1.82, 2.24) is 0 Å². The van der Waals surface area contributed by atoms with Crippen molar-refractivity contribution >= 4 is 23.0 Å². The van der Waals surface area contributed by atoms with Crippen LogP contribution in [0.15, 0.2) is 63.8 Å². The number of esters is 1. The van der Waals surface area contributed by atoms with Crippen LogP contribution in [0.5, 0.6) is 40.2 Å². The van der Waals surface area contributed by atoms with E-state index in [4.69, 9.17) is 66.0 Å². The van der Waals surface area contributed by atoms with Crippen molar-refractivity contribution in [2.24, 2.45) is 0 Å². The lowest BCUT2D eigenvalue weighted by Crippen LogP contribution is -2.67. The maximum Gasteiger partial charge on any atom is 0.330 e. The fraction of sp³-hybridized carbons (Fsp3) is 0.571. The Hall–Kier alpha value is -6.20. The highest BCUT2D eigenvalue weighted by molar-refractivity contribution is 5.89. The summed E-state index contributed by atoms with van der Waals surface area (Å²) in [6, 6.07) is 9.53. The van der Waals surface area contributed by atoms with E-state index in [-0.39, 0.29) is 28.6 Å². The Bertz CT molecular complexity index is 3160. The van der Waals surface area contributed by atoms with E-state index < -0.39 is 219 Å². The molecule has 5 saturated heterocycles. The van der Waals surface area contributed by atoms with Crippen molar-refractivity contribution < 1.29 is 158 Å². The summed E-state index contributed by atoms with van der Waals surface area (Å²) in [6.45, 7) is 0.00957. The van der Waals surface area contributed by atoms with Crippen molar-refractivity contribution in [3.05, 3.63) is 70.4 Å². The number of fused-ring (bicyclic) bond motifs is 1. The average molecular weight is 1270 g/mol. The van der Waals surface area contributed by atoms with Crippen LogP contribution in [0.3, 0.4) is 0 Å². The molecule has 6 heterocycles. The standard InChI is InChI=1S/C56H70O33/c1-18-34(63)42(71)50(88-52-44(73)40(69)36(65)29(15-57)83-52)55(81-18)79-17-31-38(67)43(72)51(56(85-31)87-49-39(68)33-25(61)13-22(58)14-28(33)82-47(49)21-7-9-24(60)27(12-21)77-4)89-54-46(75)48(35(64)19(2)80-54)86-53-45(74)41(70)37(66)30(84-53)16-78-32(62)10-6-20-5-8-23(59)26(11-20)76-3/h5-14,18-19,29-31,34-38,40-46,48,50-61,63-67,69-75H,15-17H2,1-4H3. The maximum atomic E-state index is 14.7. The molecule has 1 aromatic heterocycles. The third kappa shape index (κ3) is 14.0. The molecule has 25 unspecified atom stereocenters. The Morgan fingerprint density at radius 2 is 1.06 bits per heavy atom. The highest BCUT2D eigenvalue weighted by atomic mass is 16.8. The van der Waals surface area contributed by atoms with E-state index in [0.29, 0.717) is 5.56 Å². The summed E-state index contributed by atoms with van der Waals surface area (Å²) in [4.78, 5) is 27.5. The van der Waals surface area contributed by atoms with E-state index in [1.807, 2.05) is 0 Å². The van der Waals surface area contributed by atoms with Gasteiger partial charge in [0.1, 0.15) is 133 Å². The van der Waals surface area contributed by atoms with Crippen molar-refractivity contribution in [2.45, 2.75) is 167 Å². The number of benzene rings is 3. The Balaban J connectivity index is 1.00. The minimum Gasteiger partial charge on any atom is -0.508 e. The molecule has 0 radical (unpaired) electrons. The number of carbonyl (C=O) groups is 1. The van der Waals surface area contributed by atoms with Crippen molar-refractivity contribution in [2.75, 3.05) is 34.0 Å². The minimum atomic E-state index is -2.31. The van der Waals surface area contributed by atoms with Gasteiger partial charge in [0.05, 0.1) is 39.6 Å². The second-order valence-corrected chi connectivity index (χ2v) is 21.6. The number of aliphatic hydroxyl groups excluding tert-OH is 13. The molecule has 5 aliphatic heterocycles. The van der Waals surface area contributed by atoms with Gasteiger partial charge >= 0.3 is 5.97 Å². The van der Waals surface area contributed by atoms with Gasteiger partial charge in [-0.05, 0) is 55.8 Å². The number of aliphatic hydroxyl groups is 13. The summed E-state index contributed by atoms with van der Waals surface area (Å²) >= 11 is 0. The Morgan fingerprint density at radius 3 is 1.71 bits per heavy atom. The molecular weight excluding hydrogens is 1200 g/mol. The summed E-state index contributed by atoms with van der Waals surface area (Å²) in [5, 5.41) is 185.